The molecule has 21 heavy (non-hydrogen) atoms. The SMILES string of the molecule is CN1CC(=O)N(CC(=O)c2ccc3c(c2)CCC3)CC1=O. The number of fused-ring (bicyclic) bond motifs is 1. The highest BCUT2D eigenvalue weighted by Gasteiger charge is 2.29. The highest BCUT2D eigenvalue weighted by molar-refractivity contribution is 6.01. The van der Waals surface area contributed by atoms with E-state index >= 15 is 0 Å². The lowest BCUT2D eigenvalue weighted by atomic mass is 10.0. The van der Waals surface area contributed by atoms with Gasteiger partial charge in [-0.1, -0.05) is 12.1 Å². The summed E-state index contributed by atoms with van der Waals surface area (Å²) >= 11 is 0. The van der Waals surface area contributed by atoms with Crippen LogP contribution in [0.5, 0.6) is 0 Å². The summed E-state index contributed by atoms with van der Waals surface area (Å²) < 4.78 is 0. The fraction of sp³-hybridized carbons (Fsp3) is 0.438. The number of likely N-dealkylation sites (N-methyl/N-ethyl adjacent to an activating group) is 1. The van der Waals surface area contributed by atoms with E-state index < -0.39 is 0 Å². The third kappa shape index (κ3) is 2.68. The molecule has 1 saturated heterocycles. The summed E-state index contributed by atoms with van der Waals surface area (Å²) in [5.74, 6) is -0.404. The first-order valence-electron chi connectivity index (χ1n) is 7.21. The number of hydrogen-bond acceptors (Lipinski definition) is 3. The van der Waals surface area contributed by atoms with Gasteiger partial charge in [-0.05, 0) is 36.5 Å². The fourth-order valence-electron chi connectivity index (χ4n) is 2.92. The van der Waals surface area contributed by atoms with Crippen LogP contribution in [0.25, 0.3) is 0 Å². The van der Waals surface area contributed by atoms with Crippen LogP contribution < -0.4 is 0 Å². The van der Waals surface area contributed by atoms with Gasteiger partial charge in [-0.2, -0.15) is 0 Å². The summed E-state index contributed by atoms with van der Waals surface area (Å²) in [6.07, 6.45) is 3.23. The van der Waals surface area contributed by atoms with Gasteiger partial charge in [0, 0.05) is 12.6 Å². The molecule has 1 fully saturated rings. The number of Topliss-reactive ketones (excluding diaryl/α,β-unsaturated/α-hetero) is 1. The molecule has 1 aromatic rings. The lowest BCUT2D eigenvalue weighted by Gasteiger charge is -2.31. The lowest BCUT2D eigenvalue weighted by molar-refractivity contribution is -0.148. The fourth-order valence-corrected chi connectivity index (χ4v) is 2.92. The van der Waals surface area contributed by atoms with Gasteiger partial charge in [0.15, 0.2) is 5.78 Å². The van der Waals surface area contributed by atoms with E-state index in [0.717, 1.165) is 19.3 Å². The average Bonchev–Trinajstić information content (AvgIpc) is 2.92. The predicted octanol–water partition coefficient (Wildman–Crippen LogP) is 0.659. The first kappa shape index (κ1) is 13.8. The highest BCUT2D eigenvalue weighted by Crippen LogP contribution is 2.23. The second-order valence-corrected chi connectivity index (χ2v) is 5.76. The molecule has 0 bridgehead atoms. The number of hydrogen-bond donors (Lipinski definition) is 0. The Hall–Kier alpha value is -2.17. The zero-order valence-corrected chi connectivity index (χ0v) is 12.1. The normalized spacial score (nSPS) is 18.1. The minimum Gasteiger partial charge on any atom is -0.335 e. The van der Waals surface area contributed by atoms with Gasteiger partial charge in [0.25, 0.3) is 0 Å². The monoisotopic (exact) mass is 286 g/mol. The van der Waals surface area contributed by atoms with Crippen LogP contribution in [-0.2, 0) is 22.4 Å². The van der Waals surface area contributed by atoms with E-state index in [1.54, 1.807) is 7.05 Å². The Labute approximate surface area is 123 Å². The molecule has 5 heteroatoms. The molecule has 1 aromatic carbocycles. The van der Waals surface area contributed by atoms with Crippen molar-refractivity contribution in [1.29, 1.82) is 0 Å². The van der Waals surface area contributed by atoms with Crippen molar-refractivity contribution in [2.45, 2.75) is 19.3 Å². The maximum atomic E-state index is 12.3. The topological polar surface area (TPSA) is 57.7 Å². The number of benzene rings is 1. The van der Waals surface area contributed by atoms with Gasteiger partial charge in [-0.15, -0.1) is 0 Å². The minimum atomic E-state index is -0.174. The smallest absolute Gasteiger partial charge is 0.243 e. The van der Waals surface area contributed by atoms with Crippen LogP contribution in [0.2, 0.25) is 0 Å². The molecular formula is C16H18N2O3. The third-order valence-corrected chi connectivity index (χ3v) is 4.23. The molecule has 0 saturated carbocycles. The van der Waals surface area contributed by atoms with Gasteiger partial charge < -0.3 is 9.80 Å². The van der Waals surface area contributed by atoms with Crippen molar-refractivity contribution in [1.82, 2.24) is 9.80 Å². The van der Waals surface area contributed by atoms with Gasteiger partial charge in [0.05, 0.1) is 13.1 Å². The molecule has 1 aliphatic carbocycles. The Bertz CT molecular complexity index is 624. The maximum Gasteiger partial charge on any atom is 0.243 e. The molecule has 0 radical (unpaired) electrons. The van der Waals surface area contributed by atoms with Gasteiger partial charge in [-0.25, -0.2) is 0 Å². The number of piperazine rings is 1. The zero-order valence-electron chi connectivity index (χ0n) is 12.1. The van der Waals surface area contributed by atoms with E-state index in [1.807, 2.05) is 18.2 Å². The number of nitrogens with zero attached hydrogens (tertiary/aromatic N) is 2. The van der Waals surface area contributed by atoms with Crippen LogP contribution in [0.1, 0.15) is 27.9 Å². The molecule has 3 rings (SSSR count). The highest BCUT2D eigenvalue weighted by atomic mass is 16.2. The Kier molecular flexibility index (Phi) is 3.49. The Balaban J connectivity index is 1.71. The summed E-state index contributed by atoms with van der Waals surface area (Å²) in [6.45, 7) is 0.0273. The molecule has 2 aliphatic rings. The van der Waals surface area contributed by atoms with E-state index in [-0.39, 0.29) is 37.2 Å². The molecular weight excluding hydrogens is 268 g/mol. The van der Waals surface area contributed by atoms with Gasteiger partial charge in [0.1, 0.15) is 6.54 Å². The molecule has 1 aliphatic heterocycles. The molecule has 0 N–H and O–H groups in total. The third-order valence-electron chi connectivity index (χ3n) is 4.23. The molecule has 2 amide bonds. The molecule has 5 nitrogen and oxygen atoms in total. The first-order chi connectivity index (χ1) is 10.0. The average molecular weight is 286 g/mol. The van der Waals surface area contributed by atoms with Gasteiger partial charge in [-0.3, -0.25) is 14.4 Å². The standard InChI is InChI=1S/C16H18N2O3/c1-17-9-16(21)18(10-15(17)20)8-14(19)13-6-5-11-3-2-4-12(11)7-13/h5-7H,2-4,8-10H2,1H3. The summed E-state index contributed by atoms with van der Waals surface area (Å²) in [5.41, 5.74) is 3.19. The van der Waals surface area contributed by atoms with Crippen molar-refractivity contribution in [2.24, 2.45) is 0 Å². The summed E-state index contributed by atoms with van der Waals surface area (Å²) in [6, 6.07) is 5.77. The molecule has 0 spiro atoms. The van der Waals surface area contributed by atoms with E-state index in [1.165, 1.54) is 20.9 Å². The molecule has 110 valence electrons. The van der Waals surface area contributed by atoms with Crippen LogP contribution >= 0.6 is 0 Å². The molecule has 0 aromatic heterocycles. The minimum absolute atomic E-state index is 0.00792. The number of rotatable bonds is 3. The van der Waals surface area contributed by atoms with Crippen molar-refractivity contribution in [3.63, 3.8) is 0 Å². The second kappa shape index (κ2) is 5.31. The molecule has 0 atom stereocenters. The van der Waals surface area contributed by atoms with Crippen molar-refractivity contribution >= 4 is 17.6 Å². The summed E-state index contributed by atoms with van der Waals surface area (Å²) in [7, 11) is 1.60. The largest absolute Gasteiger partial charge is 0.335 e. The van der Waals surface area contributed by atoms with Crippen molar-refractivity contribution in [3.8, 4) is 0 Å². The van der Waals surface area contributed by atoms with Gasteiger partial charge >= 0.3 is 0 Å². The summed E-state index contributed by atoms with van der Waals surface area (Å²) in [4.78, 5) is 38.6. The van der Waals surface area contributed by atoms with E-state index in [0.29, 0.717) is 5.56 Å². The summed E-state index contributed by atoms with van der Waals surface area (Å²) in [5, 5.41) is 0. The first-order valence-corrected chi connectivity index (χ1v) is 7.21. The van der Waals surface area contributed by atoms with E-state index in [4.69, 9.17) is 0 Å². The number of ketones is 1. The Morgan fingerprint density at radius 2 is 1.86 bits per heavy atom. The zero-order chi connectivity index (χ0) is 15.0. The van der Waals surface area contributed by atoms with Crippen LogP contribution in [0.4, 0.5) is 0 Å². The molecule has 0 unspecified atom stereocenters. The Morgan fingerprint density at radius 1 is 1.10 bits per heavy atom. The van der Waals surface area contributed by atoms with Crippen LogP contribution in [0.15, 0.2) is 18.2 Å². The molecule has 1 heterocycles. The van der Waals surface area contributed by atoms with Gasteiger partial charge in [0.2, 0.25) is 11.8 Å². The number of carbonyl (C=O) groups is 3. The second-order valence-electron chi connectivity index (χ2n) is 5.76. The number of carbonyl (C=O) groups excluding carboxylic acids is 3. The van der Waals surface area contributed by atoms with E-state index in [2.05, 4.69) is 0 Å². The Morgan fingerprint density at radius 3 is 2.67 bits per heavy atom. The number of aryl methyl sites for hydroxylation is 2. The van der Waals surface area contributed by atoms with E-state index in [9.17, 15) is 14.4 Å². The number of amides is 2. The lowest BCUT2D eigenvalue weighted by Crippen LogP contribution is -2.53. The van der Waals surface area contributed by atoms with Crippen molar-refractivity contribution in [3.05, 3.63) is 34.9 Å². The van der Waals surface area contributed by atoms with Crippen LogP contribution in [0, 0.1) is 0 Å². The quantitative estimate of drug-likeness (QED) is 0.767. The van der Waals surface area contributed by atoms with Crippen molar-refractivity contribution < 1.29 is 14.4 Å². The van der Waals surface area contributed by atoms with Crippen LogP contribution in [-0.4, -0.2) is 54.1 Å². The predicted molar refractivity (Wildman–Crippen MR) is 77.0 cm³/mol. The maximum absolute atomic E-state index is 12.3. The van der Waals surface area contributed by atoms with Crippen LogP contribution in [0.3, 0.4) is 0 Å². The van der Waals surface area contributed by atoms with Crippen molar-refractivity contribution in [2.75, 3.05) is 26.7 Å².